The van der Waals surface area contributed by atoms with Crippen LogP contribution in [0, 0.1) is 6.92 Å². The molecule has 0 spiro atoms. The van der Waals surface area contributed by atoms with Gasteiger partial charge in [0.1, 0.15) is 0 Å². The van der Waals surface area contributed by atoms with Gasteiger partial charge in [0.25, 0.3) is 0 Å². The Morgan fingerprint density at radius 3 is 2.44 bits per heavy atom. The molecule has 0 aliphatic carbocycles. The second kappa shape index (κ2) is 5.45. The van der Waals surface area contributed by atoms with Gasteiger partial charge in [-0.15, -0.1) is 0 Å². The van der Waals surface area contributed by atoms with Crippen LogP contribution in [0.4, 0.5) is 0 Å². The fourth-order valence-corrected chi connectivity index (χ4v) is 1.63. The number of aryl methyl sites for hydroxylation is 1. The third-order valence-corrected chi connectivity index (χ3v) is 2.60. The number of esters is 1. The molecule has 0 radical (unpaired) electrons. The van der Waals surface area contributed by atoms with Gasteiger partial charge in [0.15, 0.2) is 0 Å². The lowest BCUT2D eigenvalue weighted by molar-refractivity contribution is 0.0526. The highest BCUT2D eigenvalue weighted by atomic mass is 16.5. The van der Waals surface area contributed by atoms with Gasteiger partial charge in [-0.2, -0.15) is 0 Å². The highest BCUT2D eigenvalue weighted by Gasteiger charge is 2.06. The molecule has 3 heteroatoms. The predicted molar refractivity (Wildman–Crippen MR) is 70.4 cm³/mol. The SMILES string of the molecule is CCOC(=O)c1ccc(-c2ccc(C)cn2)cc1. The number of ether oxygens (including phenoxy) is 1. The van der Waals surface area contributed by atoms with E-state index in [1.54, 1.807) is 19.1 Å². The molecule has 1 heterocycles. The Balaban J connectivity index is 2.22. The molecule has 1 aromatic carbocycles. The molecule has 0 unspecified atom stereocenters. The fraction of sp³-hybridized carbons (Fsp3) is 0.200. The maximum Gasteiger partial charge on any atom is 0.338 e. The molecular formula is C15H15NO2. The lowest BCUT2D eigenvalue weighted by atomic mass is 10.1. The first kappa shape index (κ1) is 12.3. The zero-order chi connectivity index (χ0) is 13.0. The van der Waals surface area contributed by atoms with Crippen molar-refractivity contribution in [1.29, 1.82) is 0 Å². The van der Waals surface area contributed by atoms with Crippen molar-refractivity contribution in [3.05, 3.63) is 53.7 Å². The third kappa shape index (κ3) is 2.74. The van der Waals surface area contributed by atoms with E-state index in [1.807, 2.05) is 37.4 Å². The fourth-order valence-electron chi connectivity index (χ4n) is 1.63. The molecule has 92 valence electrons. The molecule has 2 aromatic rings. The van der Waals surface area contributed by atoms with Crippen LogP contribution in [0.3, 0.4) is 0 Å². The minimum Gasteiger partial charge on any atom is -0.462 e. The molecule has 0 aliphatic heterocycles. The summed E-state index contributed by atoms with van der Waals surface area (Å²) < 4.78 is 4.93. The van der Waals surface area contributed by atoms with E-state index in [9.17, 15) is 4.79 Å². The van der Waals surface area contributed by atoms with E-state index in [0.29, 0.717) is 12.2 Å². The van der Waals surface area contributed by atoms with Crippen molar-refractivity contribution in [2.75, 3.05) is 6.61 Å². The Hall–Kier alpha value is -2.16. The van der Waals surface area contributed by atoms with Crippen LogP contribution < -0.4 is 0 Å². The van der Waals surface area contributed by atoms with Gasteiger partial charge in [-0.05, 0) is 37.6 Å². The number of carbonyl (C=O) groups excluding carboxylic acids is 1. The molecule has 18 heavy (non-hydrogen) atoms. The van der Waals surface area contributed by atoms with E-state index in [1.165, 1.54) is 0 Å². The summed E-state index contributed by atoms with van der Waals surface area (Å²) in [5.74, 6) is -0.291. The molecule has 3 nitrogen and oxygen atoms in total. The van der Waals surface area contributed by atoms with Crippen molar-refractivity contribution in [3.8, 4) is 11.3 Å². The van der Waals surface area contributed by atoms with Crippen LogP contribution in [0.15, 0.2) is 42.6 Å². The van der Waals surface area contributed by atoms with Crippen molar-refractivity contribution in [2.45, 2.75) is 13.8 Å². The standard InChI is InChI=1S/C15H15NO2/c1-3-18-15(17)13-7-5-12(6-8-13)14-9-4-11(2)10-16-14/h4-10H,3H2,1-2H3. The average Bonchev–Trinajstić information content (AvgIpc) is 2.40. The van der Waals surface area contributed by atoms with Gasteiger partial charge in [0.05, 0.1) is 17.9 Å². The lowest BCUT2D eigenvalue weighted by Gasteiger charge is -2.04. The molecular weight excluding hydrogens is 226 g/mol. The Labute approximate surface area is 106 Å². The van der Waals surface area contributed by atoms with E-state index in [2.05, 4.69) is 4.98 Å². The van der Waals surface area contributed by atoms with Gasteiger partial charge >= 0.3 is 5.97 Å². The number of carbonyl (C=O) groups is 1. The van der Waals surface area contributed by atoms with Gasteiger partial charge in [0, 0.05) is 11.8 Å². The molecule has 0 bridgehead atoms. The Bertz CT molecular complexity index is 529. The second-order valence-electron chi connectivity index (χ2n) is 4.02. The summed E-state index contributed by atoms with van der Waals surface area (Å²) in [7, 11) is 0. The maximum atomic E-state index is 11.5. The predicted octanol–water partition coefficient (Wildman–Crippen LogP) is 3.23. The largest absolute Gasteiger partial charge is 0.462 e. The number of rotatable bonds is 3. The Morgan fingerprint density at radius 1 is 1.17 bits per heavy atom. The topological polar surface area (TPSA) is 39.2 Å². The first-order chi connectivity index (χ1) is 8.70. The first-order valence-electron chi connectivity index (χ1n) is 5.91. The molecule has 0 N–H and O–H groups in total. The molecule has 0 amide bonds. The highest BCUT2D eigenvalue weighted by Crippen LogP contribution is 2.18. The maximum absolute atomic E-state index is 11.5. The van der Waals surface area contributed by atoms with Gasteiger partial charge in [-0.3, -0.25) is 4.98 Å². The van der Waals surface area contributed by atoms with E-state index >= 15 is 0 Å². The number of nitrogens with zero attached hydrogens (tertiary/aromatic N) is 1. The van der Waals surface area contributed by atoms with Gasteiger partial charge in [-0.25, -0.2) is 4.79 Å². The molecule has 0 fully saturated rings. The summed E-state index contributed by atoms with van der Waals surface area (Å²) in [5.41, 5.74) is 3.58. The van der Waals surface area contributed by atoms with Gasteiger partial charge < -0.3 is 4.74 Å². The van der Waals surface area contributed by atoms with Crippen LogP contribution in [0.5, 0.6) is 0 Å². The van der Waals surface area contributed by atoms with Crippen LogP contribution in [-0.2, 0) is 4.74 Å². The quantitative estimate of drug-likeness (QED) is 0.774. The highest BCUT2D eigenvalue weighted by molar-refractivity contribution is 5.89. The van der Waals surface area contributed by atoms with Crippen molar-refractivity contribution < 1.29 is 9.53 Å². The van der Waals surface area contributed by atoms with Crippen LogP contribution in [0.25, 0.3) is 11.3 Å². The number of benzene rings is 1. The van der Waals surface area contributed by atoms with Crippen molar-refractivity contribution in [2.24, 2.45) is 0 Å². The van der Waals surface area contributed by atoms with E-state index < -0.39 is 0 Å². The summed E-state index contributed by atoms with van der Waals surface area (Å²) in [6.07, 6.45) is 1.83. The van der Waals surface area contributed by atoms with Crippen LogP contribution in [0.1, 0.15) is 22.8 Å². The number of pyridine rings is 1. The third-order valence-electron chi connectivity index (χ3n) is 2.60. The normalized spacial score (nSPS) is 10.1. The van der Waals surface area contributed by atoms with E-state index in [-0.39, 0.29) is 5.97 Å². The van der Waals surface area contributed by atoms with Crippen LogP contribution >= 0.6 is 0 Å². The second-order valence-corrected chi connectivity index (χ2v) is 4.02. The number of hydrogen-bond donors (Lipinski definition) is 0. The van der Waals surface area contributed by atoms with E-state index in [4.69, 9.17) is 4.74 Å². The van der Waals surface area contributed by atoms with Crippen molar-refractivity contribution in [1.82, 2.24) is 4.98 Å². The Morgan fingerprint density at radius 2 is 1.89 bits per heavy atom. The van der Waals surface area contributed by atoms with Gasteiger partial charge in [0.2, 0.25) is 0 Å². The monoisotopic (exact) mass is 241 g/mol. The summed E-state index contributed by atoms with van der Waals surface area (Å²) in [6.45, 7) is 4.18. The molecule has 0 atom stereocenters. The lowest BCUT2D eigenvalue weighted by Crippen LogP contribution is -2.04. The minimum atomic E-state index is -0.291. The summed E-state index contributed by atoms with van der Waals surface area (Å²) in [6, 6.07) is 11.3. The molecule has 1 aromatic heterocycles. The van der Waals surface area contributed by atoms with Crippen molar-refractivity contribution >= 4 is 5.97 Å². The molecule has 2 rings (SSSR count). The average molecular weight is 241 g/mol. The smallest absolute Gasteiger partial charge is 0.338 e. The summed E-state index contributed by atoms with van der Waals surface area (Å²) in [4.78, 5) is 15.8. The zero-order valence-corrected chi connectivity index (χ0v) is 10.5. The first-order valence-corrected chi connectivity index (χ1v) is 5.91. The molecule has 0 saturated heterocycles. The summed E-state index contributed by atoms with van der Waals surface area (Å²) in [5, 5.41) is 0. The van der Waals surface area contributed by atoms with Crippen LogP contribution in [-0.4, -0.2) is 17.6 Å². The number of aromatic nitrogens is 1. The van der Waals surface area contributed by atoms with Crippen LogP contribution in [0.2, 0.25) is 0 Å². The van der Waals surface area contributed by atoms with Gasteiger partial charge in [-0.1, -0.05) is 18.2 Å². The van der Waals surface area contributed by atoms with E-state index in [0.717, 1.165) is 16.8 Å². The summed E-state index contributed by atoms with van der Waals surface area (Å²) >= 11 is 0. The minimum absolute atomic E-state index is 0.291. The zero-order valence-electron chi connectivity index (χ0n) is 10.5. The Kier molecular flexibility index (Phi) is 3.72. The molecule has 0 saturated carbocycles. The number of hydrogen-bond acceptors (Lipinski definition) is 3. The molecule has 0 aliphatic rings. The van der Waals surface area contributed by atoms with Crippen molar-refractivity contribution in [3.63, 3.8) is 0 Å².